The van der Waals surface area contributed by atoms with Gasteiger partial charge >= 0.3 is 6.03 Å². The van der Waals surface area contributed by atoms with E-state index in [4.69, 9.17) is 0 Å². The van der Waals surface area contributed by atoms with Crippen LogP contribution in [0.4, 0.5) is 4.79 Å². The maximum atomic E-state index is 12.3. The summed E-state index contributed by atoms with van der Waals surface area (Å²) in [5.41, 5.74) is -0.172. The van der Waals surface area contributed by atoms with E-state index >= 15 is 0 Å². The molecule has 0 aromatic heterocycles. The van der Waals surface area contributed by atoms with E-state index in [0.717, 1.165) is 19.6 Å². The first-order valence-electron chi connectivity index (χ1n) is 7.09. The summed E-state index contributed by atoms with van der Waals surface area (Å²) < 4.78 is 0. The highest BCUT2D eigenvalue weighted by molar-refractivity contribution is 5.75. The Morgan fingerprint density at radius 2 is 2.11 bits per heavy atom. The Bertz CT molecular complexity index is 265. The van der Waals surface area contributed by atoms with Crippen molar-refractivity contribution in [3.05, 3.63) is 0 Å². The molecule has 106 valence electrons. The van der Waals surface area contributed by atoms with Crippen molar-refractivity contribution in [2.24, 2.45) is 5.92 Å². The summed E-state index contributed by atoms with van der Waals surface area (Å²) in [4.78, 5) is 14.2. The fourth-order valence-electron chi connectivity index (χ4n) is 2.28. The van der Waals surface area contributed by atoms with E-state index in [1.54, 1.807) is 0 Å². The second kappa shape index (κ2) is 6.41. The third kappa shape index (κ3) is 5.25. The molecule has 1 atom stereocenters. The Balaban J connectivity index is 2.55. The lowest BCUT2D eigenvalue weighted by Crippen LogP contribution is -2.53. The molecule has 1 unspecified atom stereocenters. The van der Waals surface area contributed by atoms with Gasteiger partial charge in [-0.25, -0.2) is 4.79 Å². The highest BCUT2D eigenvalue weighted by Crippen LogP contribution is 2.14. The number of rotatable bonds is 3. The smallest absolute Gasteiger partial charge is 0.318 e. The zero-order chi connectivity index (χ0) is 13.8. The first-order valence-corrected chi connectivity index (χ1v) is 7.09. The molecule has 1 rings (SSSR count). The molecule has 1 saturated heterocycles. The Morgan fingerprint density at radius 3 is 2.56 bits per heavy atom. The van der Waals surface area contributed by atoms with E-state index in [1.807, 2.05) is 25.7 Å². The van der Waals surface area contributed by atoms with Crippen LogP contribution in [-0.4, -0.2) is 42.1 Å². The van der Waals surface area contributed by atoms with Crippen molar-refractivity contribution in [1.82, 2.24) is 15.5 Å². The second-order valence-electron chi connectivity index (χ2n) is 6.64. The third-order valence-corrected chi connectivity index (χ3v) is 3.22. The highest BCUT2D eigenvalue weighted by Gasteiger charge is 2.25. The van der Waals surface area contributed by atoms with Crippen LogP contribution in [0, 0.1) is 5.92 Å². The first kappa shape index (κ1) is 15.3. The van der Waals surface area contributed by atoms with Crippen molar-refractivity contribution in [3.63, 3.8) is 0 Å². The molecule has 2 N–H and O–H groups in total. The van der Waals surface area contributed by atoms with Crippen LogP contribution < -0.4 is 10.6 Å². The average molecular weight is 255 g/mol. The maximum Gasteiger partial charge on any atom is 0.318 e. The zero-order valence-electron chi connectivity index (χ0n) is 12.5. The number of hydrogen-bond acceptors (Lipinski definition) is 2. The van der Waals surface area contributed by atoms with E-state index in [9.17, 15) is 4.79 Å². The van der Waals surface area contributed by atoms with E-state index in [1.165, 1.54) is 12.8 Å². The van der Waals surface area contributed by atoms with Gasteiger partial charge in [0.25, 0.3) is 0 Å². The van der Waals surface area contributed by atoms with Crippen molar-refractivity contribution in [2.75, 3.05) is 19.6 Å². The summed E-state index contributed by atoms with van der Waals surface area (Å²) in [6, 6.07) is 0.303. The van der Waals surface area contributed by atoms with E-state index in [-0.39, 0.29) is 17.6 Å². The summed E-state index contributed by atoms with van der Waals surface area (Å²) in [5, 5.41) is 6.46. The number of carbonyl (C=O) groups is 1. The second-order valence-corrected chi connectivity index (χ2v) is 6.64. The van der Waals surface area contributed by atoms with Gasteiger partial charge in [-0.2, -0.15) is 0 Å². The van der Waals surface area contributed by atoms with Crippen LogP contribution >= 0.6 is 0 Å². The van der Waals surface area contributed by atoms with E-state index < -0.39 is 0 Å². The van der Waals surface area contributed by atoms with Gasteiger partial charge < -0.3 is 15.5 Å². The van der Waals surface area contributed by atoms with Crippen LogP contribution in [0.3, 0.4) is 0 Å². The predicted octanol–water partition coefficient (Wildman–Crippen LogP) is 2.20. The molecule has 2 amide bonds. The molecular formula is C14H29N3O. The fourth-order valence-corrected chi connectivity index (χ4v) is 2.28. The van der Waals surface area contributed by atoms with Gasteiger partial charge in [-0.05, 0) is 66.5 Å². The Hall–Kier alpha value is -0.770. The molecule has 0 aromatic rings. The van der Waals surface area contributed by atoms with Crippen LogP contribution in [0.15, 0.2) is 0 Å². The Labute approximate surface area is 111 Å². The first-order chi connectivity index (χ1) is 8.29. The number of nitrogens with one attached hydrogen (secondary N) is 2. The van der Waals surface area contributed by atoms with Crippen molar-refractivity contribution in [3.8, 4) is 0 Å². The molecule has 18 heavy (non-hydrogen) atoms. The van der Waals surface area contributed by atoms with E-state index in [2.05, 4.69) is 24.5 Å². The van der Waals surface area contributed by atoms with Crippen molar-refractivity contribution >= 4 is 6.03 Å². The topological polar surface area (TPSA) is 44.4 Å². The van der Waals surface area contributed by atoms with Crippen LogP contribution in [0.5, 0.6) is 0 Å². The number of hydrogen-bond donors (Lipinski definition) is 2. The Morgan fingerprint density at radius 1 is 1.44 bits per heavy atom. The molecule has 0 spiro atoms. The van der Waals surface area contributed by atoms with Gasteiger partial charge in [0.2, 0.25) is 0 Å². The van der Waals surface area contributed by atoms with Gasteiger partial charge in [-0.3, -0.25) is 0 Å². The quantitative estimate of drug-likeness (QED) is 0.812. The molecule has 0 aromatic carbocycles. The lowest BCUT2D eigenvalue weighted by atomic mass is 9.98. The molecule has 0 saturated carbocycles. The van der Waals surface area contributed by atoms with Gasteiger partial charge in [0, 0.05) is 18.1 Å². The van der Waals surface area contributed by atoms with Gasteiger partial charge in [0.15, 0.2) is 0 Å². The highest BCUT2D eigenvalue weighted by atomic mass is 16.2. The molecule has 0 aliphatic carbocycles. The van der Waals surface area contributed by atoms with Crippen molar-refractivity contribution in [2.45, 2.75) is 59.0 Å². The van der Waals surface area contributed by atoms with Crippen LogP contribution in [0.1, 0.15) is 47.5 Å². The summed E-state index contributed by atoms with van der Waals surface area (Å²) in [5.74, 6) is 0.590. The molecule has 4 nitrogen and oxygen atoms in total. The number of amides is 2. The lowest BCUT2D eigenvalue weighted by molar-refractivity contribution is 0.156. The standard InChI is InChI=1S/C14H29N3O/c1-11(2)17(13(18)16-14(3,4)5)10-12-7-6-8-15-9-12/h11-12,15H,6-10H2,1-5H3,(H,16,18). The Kier molecular flexibility index (Phi) is 5.45. The minimum absolute atomic E-state index is 0.0584. The lowest BCUT2D eigenvalue weighted by Gasteiger charge is -2.35. The number of piperidine rings is 1. The largest absolute Gasteiger partial charge is 0.333 e. The molecule has 1 aliphatic heterocycles. The van der Waals surface area contributed by atoms with Gasteiger partial charge in [0.1, 0.15) is 0 Å². The molecular weight excluding hydrogens is 226 g/mol. The molecule has 0 bridgehead atoms. The molecule has 1 aliphatic rings. The minimum atomic E-state index is -0.172. The van der Waals surface area contributed by atoms with Gasteiger partial charge in [-0.1, -0.05) is 0 Å². The molecule has 4 heteroatoms. The van der Waals surface area contributed by atoms with Crippen LogP contribution in [0.2, 0.25) is 0 Å². The average Bonchev–Trinajstić information content (AvgIpc) is 2.24. The molecule has 1 heterocycles. The third-order valence-electron chi connectivity index (χ3n) is 3.22. The SMILES string of the molecule is CC(C)N(CC1CCCNC1)C(=O)NC(C)(C)C. The maximum absolute atomic E-state index is 12.3. The van der Waals surface area contributed by atoms with Crippen molar-refractivity contribution < 1.29 is 4.79 Å². The zero-order valence-corrected chi connectivity index (χ0v) is 12.5. The fraction of sp³-hybridized carbons (Fsp3) is 0.929. The summed E-state index contributed by atoms with van der Waals surface area (Å²) in [6.45, 7) is 13.2. The van der Waals surface area contributed by atoms with Gasteiger partial charge in [0.05, 0.1) is 0 Å². The van der Waals surface area contributed by atoms with Crippen molar-refractivity contribution in [1.29, 1.82) is 0 Å². The van der Waals surface area contributed by atoms with E-state index in [0.29, 0.717) is 5.92 Å². The monoisotopic (exact) mass is 255 g/mol. The predicted molar refractivity (Wildman–Crippen MR) is 75.7 cm³/mol. The molecule has 0 radical (unpaired) electrons. The number of nitrogens with zero attached hydrogens (tertiary/aromatic N) is 1. The minimum Gasteiger partial charge on any atom is -0.333 e. The molecule has 1 fully saturated rings. The number of urea groups is 1. The normalized spacial score (nSPS) is 20.9. The van der Waals surface area contributed by atoms with Crippen LogP contribution in [-0.2, 0) is 0 Å². The number of carbonyl (C=O) groups excluding carboxylic acids is 1. The van der Waals surface area contributed by atoms with Crippen LogP contribution in [0.25, 0.3) is 0 Å². The summed E-state index contributed by atoms with van der Waals surface area (Å²) in [7, 11) is 0. The summed E-state index contributed by atoms with van der Waals surface area (Å²) in [6.07, 6.45) is 2.44. The van der Waals surface area contributed by atoms with Gasteiger partial charge in [-0.15, -0.1) is 0 Å². The summed E-state index contributed by atoms with van der Waals surface area (Å²) >= 11 is 0.